The van der Waals surface area contributed by atoms with E-state index in [2.05, 4.69) is 12.2 Å². The summed E-state index contributed by atoms with van der Waals surface area (Å²) in [6.45, 7) is 1.56. The van der Waals surface area contributed by atoms with Gasteiger partial charge in [0.25, 0.3) is 5.91 Å². The van der Waals surface area contributed by atoms with Crippen molar-refractivity contribution in [2.75, 3.05) is 6.54 Å². The Hall–Kier alpha value is -1.59. The van der Waals surface area contributed by atoms with Gasteiger partial charge < -0.3 is 10.4 Å². The van der Waals surface area contributed by atoms with Crippen LogP contribution in [0.4, 0.5) is 4.79 Å². The number of amides is 3. The Morgan fingerprint density at radius 3 is 2.59 bits per heavy atom. The summed E-state index contributed by atoms with van der Waals surface area (Å²) < 4.78 is 0. The highest BCUT2D eigenvalue weighted by atomic mass is 16.4. The van der Waals surface area contributed by atoms with Crippen molar-refractivity contribution in [2.24, 2.45) is 5.92 Å². The van der Waals surface area contributed by atoms with Crippen LogP contribution in [0, 0.1) is 5.92 Å². The van der Waals surface area contributed by atoms with Gasteiger partial charge in [0.1, 0.15) is 12.1 Å². The molecule has 1 aliphatic heterocycles. The molecule has 2 rings (SSSR count). The molecule has 1 heterocycles. The predicted octanol–water partition coefficient (Wildman–Crippen LogP) is 0.572. The SMILES string of the molecule is CC1CCC2(CC1)NC(=O)N(CC(=O)O)C2=O. The summed E-state index contributed by atoms with van der Waals surface area (Å²) in [5, 5.41) is 11.3. The van der Waals surface area contributed by atoms with Gasteiger partial charge in [-0.3, -0.25) is 14.5 Å². The van der Waals surface area contributed by atoms with Crippen molar-refractivity contribution in [1.29, 1.82) is 0 Å². The van der Waals surface area contributed by atoms with Crippen LogP contribution in [-0.2, 0) is 9.59 Å². The normalized spacial score (nSPS) is 33.0. The topological polar surface area (TPSA) is 86.7 Å². The van der Waals surface area contributed by atoms with Crippen molar-refractivity contribution < 1.29 is 19.5 Å². The molecule has 2 aliphatic rings. The van der Waals surface area contributed by atoms with Crippen LogP contribution in [0.15, 0.2) is 0 Å². The van der Waals surface area contributed by atoms with Crippen LogP contribution in [0.1, 0.15) is 32.6 Å². The molecule has 3 amide bonds. The number of carboxylic acid groups (broad SMARTS) is 1. The van der Waals surface area contributed by atoms with Crippen molar-refractivity contribution in [3.63, 3.8) is 0 Å². The van der Waals surface area contributed by atoms with E-state index in [-0.39, 0.29) is 5.91 Å². The Morgan fingerprint density at radius 1 is 1.47 bits per heavy atom. The number of hydrogen-bond acceptors (Lipinski definition) is 3. The first-order chi connectivity index (χ1) is 7.94. The number of hydrogen-bond donors (Lipinski definition) is 2. The third kappa shape index (κ3) is 1.99. The van der Waals surface area contributed by atoms with Crippen LogP contribution in [0.5, 0.6) is 0 Å². The second-order valence-electron chi connectivity index (χ2n) is 4.98. The van der Waals surface area contributed by atoms with E-state index in [0.29, 0.717) is 18.8 Å². The lowest BCUT2D eigenvalue weighted by Gasteiger charge is -2.33. The van der Waals surface area contributed by atoms with Crippen LogP contribution in [0.2, 0.25) is 0 Å². The maximum Gasteiger partial charge on any atom is 0.325 e. The van der Waals surface area contributed by atoms with Gasteiger partial charge in [0, 0.05) is 0 Å². The fourth-order valence-electron chi connectivity index (χ4n) is 2.55. The molecule has 0 aromatic heterocycles. The molecule has 0 aromatic carbocycles. The van der Waals surface area contributed by atoms with Gasteiger partial charge in [0.15, 0.2) is 0 Å². The summed E-state index contributed by atoms with van der Waals surface area (Å²) in [5.41, 5.74) is -0.834. The van der Waals surface area contributed by atoms with E-state index < -0.39 is 24.1 Å². The number of imide groups is 1. The number of carbonyl (C=O) groups is 3. The first-order valence-electron chi connectivity index (χ1n) is 5.80. The van der Waals surface area contributed by atoms with E-state index in [1.807, 2.05) is 0 Å². The molecule has 2 fully saturated rings. The first kappa shape index (κ1) is 11.9. The lowest BCUT2D eigenvalue weighted by atomic mass is 9.77. The van der Waals surface area contributed by atoms with E-state index >= 15 is 0 Å². The highest BCUT2D eigenvalue weighted by Crippen LogP contribution is 2.36. The van der Waals surface area contributed by atoms with Gasteiger partial charge in [-0.25, -0.2) is 4.79 Å². The second-order valence-corrected chi connectivity index (χ2v) is 4.98. The molecule has 2 N–H and O–H groups in total. The fourth-order valence-corrected chi connectivity index (χ4v) is 2.55. The minimum absolute atomic E-state index is 0.378. The van der Waals surface area contributed by atoms with E-state index in [1.54, 1.807) is 0 Å². The molecular weight excluding hydrogens is 224 g/mol. The molecular formula is C11H16N2O4. The summed E-state index contributed by atoms with van der Waals surface area (Å²) in [5.74, 6) is -0.995. The Bertz CT molecular complexity index is 372. The molecule has 17 heavy (non-hydrogen) atoms. The predicted molar refractivity (Wildman–Crippen MR) is 58.2 cm³/mol. The van der Waals surface area contributed by atoms with Crippen LogP contribution >= 0.6 is 0 Å². The number of aliphatic carboxylic acids is 1. The molecule has 94 valence electrons. The monoisotopic (exact) mass is 240 g/mol. The molecule has 0 bridgehead atoms. The molecule has 1 saturated carbocycles. The number of urea groups is 1. The number of rotatable bonds is 2. The molecule has 1 saturated heterocycles. The summed E-state index contributed by atoms with van der Waals surface area (Å²) in [6.07, 6.45) is 2.98. The van der Waals surface area contributed by atoms with E-state index in [9.17, 15) is 14.4 Å². The Labute approximate surface area is 99.0 Å². The van der Waals surface area contributed by atoms with Gasteiger partial charge >= 0.3 is 12.0 Å². The van der Waals surface area contributed by atoms with Gasteiger partial charge in [-0.2, -0.15) is 0 Å². The van der Waals surface area contributed by atoms with Crippen molar-refractivity contribution >= 4 is 17.9 Å². The maximum absolute atomic E-state index is 12.1. The molecule has 1 aliphatic carbocycles. The second kappa shape index (κ2) is 4.01. The average Bonchev–Trinajstić information content (AvgIpc) is 2.48. The van der Waals surface area contributed by atoms with Crippen molar-refractivity contribution in [3.05, 3.63) is 0 Å². The lowest BCUT2D eigenvalue weighted by Crippen LogP contribution is -2.49. The number of carboxylic acids is 1. The van der Waals surface area contributed by atoms with Gasteiger partial charge in [-0.05, 0) is 31.6 Å². The van der Waals surface area contributed by atoms with Crippen LogP contribution in [-0.4, -0.2) is 40.0 Å². The van der Waals surface area contributed by atoms with Crippen LogP contribution in [0.3, 0.4) is 0 Å². The molecule has 0 unspecified atom stereocenters. The summed E-state index contributed by atoms with van der Waals surface area (Å²) in [6, 6.07) is -0.577. The van der Waals surface area contributed by atoms with Crippen LogP contribution in [0.25, 0.3) is 0 Å². The zero-order valence-electron chi connectivity index (χ0n) is 9.73. The third-order valence-electron chi connectivity index (χ3n) is 3.67. The smallest absolute Gasteiger partial charge is 0.325 e. The van der Waals surface area contributed by atoms with Crippen molar-refractivity contribution in [2.45, 2.75) is 38.1 Å². The highest BCUT2D eigenvalue weighted by molar-refractivity contribution is 6.08. The highest BCUT2D eigenvalue weighted by Gasteiger charge is 2.52. The minimum Gasteiger partial charge on any atom is -0.480 e. The Kier molecular flexibility index (Phi) is 2.81. The summed E-state index contributed by atoms with van der Waals surface area (Å²) in [7, 11) is 0. The summed E-state index contributed by atoms with van der Waals surface area (Å²) in [4.78, 5) is 35.1. The lowest BCUT2D eigenvalue weighted by molar-refractivity contribution is -0.143. The van der Waals surface area contributed by atoms with Gasteiger partial charge in [0.05, 0.1) is 0 Å². The Balaban J connectivity index is 2.15. The summed E-state index contributed by atoms with van der Waals surface area (Å²) >= 11 is 0. The molecule has 0 aromatic rings. The van der Waals surface area contributed by atoms with E-state index in [0.717, 1.165) is 17.7 Å². The molecule has 0 radical (unpaired) electrons. The van der Waals surface area contributed by atoms with Gasteiger partial charge in [0.2, 0.25) is 0 Å². The third-order valence-corrected chi connectivity index (χ3v) is 3.67. The van der Waals surface area contributed by atoms with Gasteiger partial charge in [-0.1, -0.05) is 6.92 Å². The van der Waals surface area contributed by atoms with Crippen molar-refractivity contribution in [3.8, 4) is 0 Å². The molecule has 0 atom stereocenters. The minimum atomic E-state index is -1.17. The largest absolute Gasteiger partial charge is 0.480 e. The molecule has 1 spiro atoms. The number of nitrogens with zero attached hydrogens (tertiary/aromatic N) is 1. The van der Waals surface area contributed by atoms with Crippen molar-refractivity contribution in [1.82, 2.24) is 10.2 Å². The zero-order chi connectivity index (χ0) is 12.6. The number of nitrogens with one attached hydrogen (secondary N) is 1. The molecule has 6 nitrogen and oxygen atoms in total. The number of carbonyl (C=O) groups excluding carboxylic acids is 2. The maximum atomic E-state index is 12.1. The fraction of sp³-hybridized carbons (Fsp3) is 0.727. The molecule has 6 heteroatoms. The van der Waals surface area contributed by atoms with Gasteiger partial charge in [-0.15, -0.1) is 0 Å². The zero-order valence-corrected chi connectivity index (χ0v) is 9.73. The first-order valence-corrected chi connectivity index (χ1v) is 5.80. The average molecular weight is 240 g/mol. The van der Waals surface area contributed by atoms with E-state index in [4.69, 9.17) is 5.11 Å². The van der Waals surface area contributed by atoms with Crippen LogP contribution < -0.4 is 5.32 Å². The Morgan fingerprint density at radius 2 is 2.06 bits per heavy atom. The quantitative estimate of drug-likeness (QED) is 0.691. The standard InChI is InChI=1S/C11H16N2O4/c1-7-2-4-11(5-3-7)9(16)13(6-8(14)15)10(17)12-11/h7H,2-6H2,1H3,(H,12,17)(H,14,15). The van der Waals surface area contributed by atoms with E-state index in [1.165, 1.54) is 0 Å².